The van der Waals surface area contributed by atoms with Crippen molar-refractivity contribution >= 4 is 21.4 Å². The van der Waals surface area contributed by atoms with E-state index < -0.39 is 10.0 Å². The Kier molecular flexibility index (Phi) is 3.86. The molecule has 6 nitrogen and oxygen atoms in total. The van der Waals surface area contributed by atoms with E-state index in [9.17, 15) is 8.42 Å². The van der Waals surface area contributed by atoms with Gasteiger partial charge in [-0.25, -0.2) is 4.98 Å². The Morgan fingerprint density at radius 1 is 1.15 bits per heavy atom. The summed E-state index contributed by atoms with van der Waals surface area (Å²) in [6.07, 6.45) is 1.39. The van der Waals surface area contributed by atoms with Crippen molar-refractivity contribution in [3.63, 3.8) is 0 Å². The van der Waals surface area contributed by atoms with Gasteiger partial charge in [0.2, 0.25) is 0 Å². The summed E-state index contributed by atoms with van der Waals surface area (Å²) in [7, 11) is -2.25. The van der Waals surface area contributed by atoms with Crippen molar-refractivity contribution in [2.75, 3.05) is 17.1 Å². The van der Waals surface area contributed by atoms with Gasteiger partial charge in [0.25, 0.3) is 10.0 Å². The quantitative estimate of drug-likeness (QED) is 0.894. The number of rotatable bonds is 4. The SMILES string of the molecule is CNc1cccnc1S(=O)(=O)Nc1ccccc1C#N. The van der Waals surface area contributed by atoms with Gasteiger partial charge in [0.1, 0.15) is 6.07 Å². The maximum absolute atomic E-state index is 12.3. The highest BCUT2D eigenvalue weighted by atomic mass is 32.2. The van der Waals surface area contributed by atoms with Crippen LogP contribution in [0.4, 0.5) is 11.4 Å². The number of anilines is 2. The number of pyridine rings is 1. The molecule has 0 unspecified atom stereocenters. The lowest BCUT2D eigenvalue weighted by atomic mass is 10.2. The van der Waals surface area contributed by atoms with Crippen molar-refractivity contribution in [2.24, 2.45) is 0 Å². The summed E-state index contributed by atoms with van der Waals surface area (Å²) in [5.74, 6) is 0. The van der Waals surface area contributed by atoms with Crippen molar-refractivity contribution in [3.8, 4) is 6.07 Å². The van der Waals surface area contributed by atoms with E-state index in [1.807, 2.05) is 6.07 Å². The zero-order valence-corrected chi connectivity index (χ0v) is 11.5. The highest BCUT2D eigenvalue weighted by molar-refractivity contribution is 7.92. The Morgan fingerprint density at radius 3 is 2.55 bits per heavy atom. The number of hydrogen-bond acceptors (Lipinski definition) is 5. The maximum atomic E-state index is 12.3. The number of sulfonamides is 1. The van der Waals surface area contributed by atoms with Gasteiger partial charge in [0, 0.05) is 13.2 Å². The number of para-hydroxylation sites is 1. The average Bonchev–Trinajstić information content (AvgIpc) is 2.47. The lowest BCUT2D eigenvalue weighted by molar-refractivity contribution is 0.598. The summed E-state index contributed by atoms with van der Waals surface area (Å²) in [6.45, 7) is 0. The van der Waals surface area contributed by atoms with Crippen molar-refractivity contribution in [1.29, 1.82) is 5.26 Å². The summed E-state index contributed by atoms with van der Waals surface area (Å²) in [5.41, 5.74) is 0.857. The first-order valence-corrected chi connectivity index (χ1v) is 7.21. The molecule has 102 valence electrons. The fourth-order valence-electron chi connectivity index (χ4n) is 1.66. The van der Waals surface area contributed by atoms with Crippen LogP contribution in [0.15, 0.2) is 47.6 Å². The second-order valence-electron chi connectivity index (χ2n) is 3.87. The molecule has 0 saturated heterocycles. The van der Waals surface area contributed by atoms with E-state index in [1.165, 1.54) is 18.3 Å². The van der Waals surface area contributed by atoms with E-state index in [2.05, 4.69) is 15.0 Å². The van der Waals surface area contributed by atoms with Gasteiger partial charge in [-0.05, 0) is 24.3 Å². The minimum Gasteiger partial charge on any atom is -0.386 e. The lowest BCUT2D eigenvalue weighted by Gasteiger charge is -2.11. The van der Waals surface area contributed by atoms with E-state index >= 15 is 0 Å². The predicted octanol–water partition coefficient (Wildman–Crippen LogP) is 1.80. The van der Waals surface area contributed by atoms with Crippen molar-refractivity contribution in [3.05, 3.63) is 48.2 Å². The Morgan fingerprint density at radius 2 is 1.85 bits per heavy atom. The Labute approximate surface area is 117 Å². The zero-order valence-electron chi connectivity index (χ0n) is 10.7. The lowest BCUT2D eigenvalue weighted by Crippen LogP contribution is -2.17. The molecule has 2 N–H and O–H groups in total. The molecule has 0 radical (unpaired) electrons. The van der Waals surface area contributed by atoms with Gasteiger partial charge in [-0.15, -0.1) is 0 Å². The van der Waals surface area contributed by atoms with Gasteiger partial charge in [-0.1, -0.05) is 12.1 Å². The molecule has 0 atom stereocenters. The molecule has 0 bridgehead atoms. The first-order valence-electron chi connectivity index (χ1n) is 5.73. The van der Waals surface area contributed by atoms with Crippen LogP contribution in [0.25, 0.3) is 0 Å². The van der Waals surface area contributed by atoms with Crippen LogP contribution in [0, 0.1) is 11.3 Å². The van der Waals surface area contributed by atoms with Gasteiger partial charge in [-0.3, -0.25) is 4.72 Å². The number of nitriles is 1. The topological polar surface area (TPSA) is 94.9 Å². The predicted molar refractivity (Wildman–Crippen MR) is 75.7 cm³/mol. The fraction of sp³-hybridized carbons (Fsp3) is 0.0769. The van der Waals surface area contributed by atoms with Crippen molar-refractivity contribution in [2.45, 2.75) is 5.03 Å². The van der Waals surface area contributed by atoms with Crippen LogP contribution < -0.4 is 10.0 Å². The van der Waals surface area contributed by atoms with Crippen LogP contribution in [0.2, 0.25) is 0 Å². The molecule has 0 aliphatic heterocycles. The van der Waals surface area contributed by atoms with E-state index in [0.29, 0.717) is 5.69 Å². The number of nitrogens with zero attached hydrogens (tertiary/aromatic N) is 2. The number of aromatic nitrogens is 1. The molecular formula is C13H12N4O2S. The van der Waals surface area contributed by atoms with Crippen molar-refractivity contribution in [1.82, 2.24) is 4.98 Å². The largest absolute Gasteiger partial charge is 0.386 e. The molecule has 1 aromatic heterocycles. The van der Waals surface area contributed by atoms with Crippen LogP contribution in [0.5, 0.6) is 0 Å². The van der Waals surface area contributed by atoms with E-state index in [-0.39, 0.29) is 16.3 Å². The second kappa shape index (κ2) is 5.59. The first kappa shape index (κ1) is 13.8. The third kappa shape index (κ3) is 2.70. The summed E-state index contributed by atoms with van der Waals surface area (Å²) >= 11 is 0. The normalized spacial score (nSPS) is 10.6. The minimum absolute atomic E-state index is 0.116. The molecule has 2 aromatic rings. The number of benzene rings is 1. The smallest absolute Gasteiger partial charge is 0.281 e. The molecule has 0 fully saturated rings. The second-order valence-corrected chi connectivity index (χ2v) is 5.47. The molecule has 0 saturated carbocycles. The minimum atomic E-state index is -3.86. The average molecular weight is 288 g/mol. The fourth-order valence-corrected chi connectivity index (χ4v) is 2.88. The molecule has 2 rings (SSSR count). The highest BCUT2D eigenvalue weighted by Crippen LogP contribution is 2.22. The summed E-state index contributed by atoms with van der Waals surface area (Å²) < 4.78 is 27.0. The Balaban J connectivity index is 2.44. The van der Waals surface area contributed by atoms with Crippen LogP contribution in [0.1, 0.15) is 5.56 Å². The van der Waals surface area contributed by atoms with Gasteiger partial charge >= 0.3 is 0 Å². The zero-order chi connectivity index (χ0) is 14.6. The van der Waals surface area contributed by atoms with Crippen LogP contribution in [-0.4, -0.2) is 20.4 Å². The molecule has 20 heavy (non-hydrogen) atoms. The van der Waals surface area contributed by atoms with E-state index in [1.54, 1.807) is 31.3 Å². The molecule has 1 aromatic carbocycles. The van der Waals surface area contributed by atoms with Gasteiger partial charge in [0.05, 0.1) is 16.9 Å². The maximum Gasteiger partial charge on any atom is 0.281 e. The van der Waals surface area contributed by atoms with Gasteiger partial charge < -0.3 is 5.32 Å². The van der Waals surface area contributed by atoms with E-state index in [4.69, 9.17) is 5.26 Å². The molecule has 0 spiro atoms. The summed E-state index contributed by atoms with van der Waals surface area (Å²) in [6, 6.07) is 11.6. The Hall–Kier alpha value is -2.59. The Bertz CT molecular complexity index is 766. The van der Waals surface area contributed by atoms with E-state index in [0.717, 1.165) is 0 Å². The summed E-state index contributed by atoms with van der Waals surface area (Å²) in [5, 5.41) is 11.6. The standard InChI is InChI=1S/C13H12N4O2S/c1-15-12-7-4-8-16-13(12)20(18,19)17-11-6-3-2-5-10(11)9-14/h2-8,15,17H,1H3. The molecule has 7 heteroatoms. The van der Waals surface area contributed by atoms with Crippen LogP contribution in [0.3, 0.4) is 0 Å². The molecule has 1 heterocycles. The number of hydrogen-bond donors (Lipinski definition) is 2. The molecule has 0 aliphatic carbocycles. The van der Waals surface area contributed by atoms with Crippen molar-refractivity contribution < 1.29 is 8.42 Å². The van der Waals surface area contributed by atoms with Crippen LogP contribution in [-0.2, 0) is 10.0 Å². The summed E-state index contributed by atoms with van der Waals surface area (Å²) in [4.78, 5) is 3.88. The molecule has 0 aliphatic rings. The number of nitrogens with one attached hydrogen (secondary N) is 2. The van der Waals surface area contributed by atoms with Crippen LogP contribution >= 0.6 is 0 Å². The van der Waals surface area contributed by atoms with Gasteiger partial charge in [0.15, 0.2) is 5.03 Å². The third-order valence-corrected chi connectivity index (χ3v) is 3.91. The third-order valence-electron chi connectivity index (χ3n) is 2.59. The first-order chi connectivity index (χ1) is 9.58. The molecule has 0 amide bonds. The monoisotopic (exact) mass is 288 g/mol. The van der Waals surface area contributed by atoms with Gasteiger partial charge in [-0.2, -0.15) is 13.7 Å². The highest BCUT2D eigenvalue weighted by Gasteiger charge is 2.20. The molecular weight excluding hydrogens is 276 g/mol.